The maximum atomic E-state index is 12.3. The third-order valence-corrected chi connectivity index (χ3v) is 5.91. The normalized spacial score (nSPS) is 14.9. The standard InChI is InChI=1S/C27H34N2O6/c1-5-33-26(31)23-12-8-21(9-13-23)18-34-24(30)19-35-28-25(22-10-6-20(2)7-11-22)27(3,4)29-14-16-32-17-15-29/h6-13H,5,14-19H2,1-4H3/b28-25-. The lowest BCUT2D eigenvalue weighted by Gasteiger charge is -2.41. The van der Waals surface area contributed by atoms with E-state index in [0.717, 1.165) is 35.5 Å². The average molecular weight is 483 g/mol. The number of rotatable bonds is 10. The molecule has 0 aliphatic carbocycles. The second kappa shape index (κ2) is 12.5. The van der Waals surface area contributed by atoms with Gasteiger partial charge in [0.15, 0.2) is 0 Å². The summed E-state index contributed by atoms with van der Waals surface area (Å²) in [6.45, 7) is 11.0. The van der Waals surface area contributed by atoms with Gasteiger partial charge in [-0.2, -0.15) is 0 Å². The van der Waals surface area contributed by atoms with Gasteiger partial charge in [0.2, 0.25) is 6.61 Å². The van der Waals surface area contributed by atoms with Crippen molar-refractivity contribution >= 4 is 17.7 Å². The van der Waals surface area contributed by atoms with Crippen LogP contribution in [0.4, 0.5) is 0 Å². The zero-order valence-electron chi connectivity index (χ0n) is 20.9. The van der Waals surface area contributed by atoms with Crippen LogP contribution < -0.4 is 0 Å². The first-order valence-electron chi connectivity index (χ1n) is 11.8. The van der Waals surface area contributed by atoms with Crippen molar-refractivity contribution in [3.8, 4) is 0 Å². The van der Waals surface area contributed by atoms with Crippen LogP contribution >= 0.6 is 0 Å². The molecule has 2 aromatic rings. The van der Waals surface area contributed by atoms with Crippen LogP contribution in [-0.2, 0) is 30.4 Å². The molecule has 0 radical (unpaired) electrons. The molecule has 3 rings (SSSR count). The van der Waals surface area contributed by atoms with E-state index in [9.17, 15) is 9.59 Å². The number of hydrogen-bond acceptors (Lipinski definition) is 8. The van der Waals surface area contributed by atoms with E-state index < -0.39 is 11.5 Å². The van der Waals surface area contributed by atoms with Crippen LogP contribution in [0.2, 0.25) is 0 Å². The summed E-state index contributed by atoms with van der Waals surface area (Å²) < 4.78 is 15.8. The Hall–Kier alpha value is -3.23. The van der Waals surface area contributed by atoms with E-state index >= 15 is 0 Å². The van der Waals surface area contributed by atoms with Crippen molar-refractivity contribution in [1.29, 1.82) is 0 Å². The summed E-state index contributed by atoms with van der Waals surface area (Å²) in [6, 6.07) is 14.8. The summed E-state index contributed by atoms with van der Waals surface area (Å²) in [5, 5.41) is 4.40. The Labute approximate surface area is 206 Å². The van der Waals surface area contributed by atoms with Crippen LogP contribution in [0.1, 0.15) is 47.8 Å². The molecule has 1 heterocycles. The van der Waals surface area contributed by atoms with Gasteiger partial charge >= 0.3 is 11.9 Å². The molecule has 1 saturated heterocycles. The molecule has 2 aromatic carbocycles. The maximum Gasteiger partial charge on any atom is 0.347 e. The first-order valence-corrected chi connectivity index (χ1v) is 11.8. The first kappa shape index (κ1) is 26.4. The third-order valence-electron chi connectivity index (χ3n) is 5.91. The average Bonchev–Trinajstić information content (AvgIpc) is 2.87. The van der Waals surface area contributed by atoms with Gasteiger partial charge in [-0.1, -0.05) is 47.1 Å². The van der Waals surface area contributed by atoms with Crippen molar-refractivity contribution in [2.45, 2.75) is 39.8 Å². The number of morpholine rings is 1. The molecule has 0 spiro atoms. The molecule has 0 unspecified atom stereocenters. The quantitative estimate of drug-likeness (QED) is 0.290. The van der Waals surface area contributed by atoms with Crippen molar-refractivity contribution < 1.29 is 28.6 Å². The minimum Gasteiger partial charge on any atom is -0.462 e. The fourth-order valence-corrected chi connectivity index (χ4v) is 3.81. The van der Waals surface area contributed by atoms with Crippen LogP contribution in [0.25, 0.3) is 0 Å². The molecular weight excluding hydrogens is 448 g/mol. The summed E-state index contributed by atoms with van der Waals surface area (Å²) in [4.78, 5) is 31.8. The number of benzene rings is 2. The molecule has 0 N–H and O–H groups in total. The van der Waals surface area contributed by atoms with E-state index in [-0.39, 0.29) is 19.2 Å². The van der Waals surface area contributed by atoms with Crippen molar-refractivity contribution in [3.63, 3.8) is 0 Å². The van der Waals surface area contributed by atoms with Gasteiger partial charge in [-0.15, -0.1) is 0 Å². The van der Waals surface area contributed by atoms with Crippen LogP contribution in [0, 0.1) is 6.92 Å². The summed E-state index contributed by atoms with van der Waals surface area (Å²) in [5.41, 5.74) is 3.60. The molecule has 35 heavy (non-hydrogen) atoms. The molecule has 0 aromatic heterocycles. The second-order valence-corrected chi connectivity index (χ2v) is 8.82. The number of oxime groups is 1. The predicted molar refractivity (Wildman–Crippen MR) is 132 cm³/mol. The van der Waals surface area contributed by atoms with E-state index in [2.05, 4.69) is 23.9 Å². The highest BCUT2D eigenvalue weighted by molar-refractivity contribution is 6.06. The van der Waals surface area contributed by atoms with Gasteiger partial charge in [0, 0.05) is 18.7 Å². The molecule has 0 amide bonds. The third kappa shape index (κ3) is 7.37. The second-order valence-electron chi connectivity index (χ2n) is 8.82. The van der Waals surface area contributed by atoms with Crippen molar-refractivity contribution in [3.05, 3.63) is 70.8 Å². The van der Waals surface area contributed by atoms with Crippen LogP contribution in [0.5, 0.6) is 0 Å². The summed E-state index contributed by atoms with van der Waals surface area (Å²) in [7, 11) is 0. The number of carbonyl (C=O) groups excluding carboxylic acids is 2. The number of ether oxygens (including phenoxy) is 3. The highest BCUT2D eigenvalue weighted by Crippen LogP contribution is 2.23. The van der Waals surface area contributed by atoms with Gasteiger partial charge in [-0.25, -0.2) is 9.59 Å². The number of hydrogen-bond donors (Lipinski definition) is 0. The Bertz CT molecular complexity index is 1010. The van der Waals surface area contributed by atoms with Gasteiger partial charge < -0.3 is 19.0 Å². The Kier molecular flexibility index (Phi) is 9.39. The van der Waals surface area contributed by atoms with Crippen LogP contribution in [0.3, 0.4) is 0 Å². The van der Waals surface area contributed by atoms with Gasteiger partial charge in [-0.05, 0) is 45.4 Å². The van der Waals surface area contributed by atoms with E-state index in [1.807, 2.05) is 31.2 Å². The fourth-order valence-electron chi connectivity index (χ4n) is 3.81. The molecule has 8 heteroatoms. The predicted octanol–water partition coefficient (Wildman–Crippen LogP) is 3.75. The lowest BCUT2D eigenvalue weighted by molar-refractivity contribution is -0.150. The maximum absolute atomic E-state index is 12.3. The Morgan fingerprint density at radius 2 is 1.60 bits per heavy atom. The topological polar surface area (TPSA) is 86.7 Å². The van der Waals surface area contributed by atoms with Crippen LogP contribution in [0.15, 0.2) is 53.7 Å². The van der Waals surface area contributed by atoms with E-state index in [0.29, 0.717) is 25.4 Å². The Morgan fingerprint density at radius 1 is 0.971 bits per heavy atom. The summed E-state index contributed by atoms with van der Waals surface area (Å²) >= 11 is 0. The molecule has 188 valence electrons. The first-order chi connectivity index (χ1) is 16.8. The molecule has 1 fully saturated rings. The Balaban J connectivity index is 1.61. The van der Waals surface area contributed by atoms with Crippen LogP contribution in [-0.4, -0.2) is 67.6 Å². The number of esters is 2. The van der Waals surface area contributed by atoms with Gasteiger partial charge in [-0.3, -0.25) is 4.90 Å². The van der Waals surface area contributed by atoms with E-state index in [4.69, 9.17) is 19.0 Å². The molecule has 8 nitrogen and oxygen atoms in total. The highest BCUT2D eigenvalue weighted by Gasteiger charge is 2.35. The van der Waals surface area contributed by atoms with Gasteiger partial charge in [0.25, 0.3) is 0 Å². The summed E-state index contributed by atoms with van der Waals surface area (Å²) in [5.74, 6) is -0.914. The van der Waals surface area contributed by atoms with Crippen molar-refractivity contribution in [2.24, 2.45) is 5.16 Å². The molecule has 1 aliphatic rings. The SMILES string of the molecule is CCOC(=O)c1ccc(COC(=O)CO/N=C(/c2ccc(C)cc2)C(C)(C)N2CCOCC2)cc1. The molecule has 1 aliphatic heterocycles. The monoisotopic (exact) mass is 482 g/mol. The molecule has 0 atom stereocenters. The number of nitrogens with zero attached hydrogens (tertiary/aromatic N) is 2. The Morgan fingerprint density at radius 3 is 2.23 bits per heavy atom. The van der Waals surface area contributed by atoms with E-state index in [1.54, 1.807) is 31.2 Å². The number of carbonyl (C=O) groups is 2. The van der Waals surface area contributed by atoms with Gasteiger partial charge in [0.1, 0.15) is 12.3 Å². The zero-order chi connectivity index (χ0) is 25.3. The van der Waals surface area contributed by atoms with Crippen molar-refractivity contribution in [2.75, 3.05) is 39.5 Å². The van der Waals surface area contributed by atoms with Crippen molar-refractivity contribution in [1.82, 2.24) is 4.90 Å². The molecule has 0 bridgehead atoms. The lowest BCUT2D eigenvalue weighted by Crippen LogP contribution is -2.54. The molecular formula is C27H34N2O6. The minimum atomic E-state index is -0.532. The number of aryl methyl sites for hydroxylation is 1. The zero-order valence-corrected chi connectivity index (χ0v) is 20.9. The van der Waals surface area contributed by atoms with Gasteiger partial charge in [0.05, 0.1) is 30.9 Å². The smallest absolute Gasteiger partial charge is 0.347 e. The largest absolute Gasteiger partial charge is 0.462 e. The highest BCUT2D eigenvalue weighted by atomic mass is 16.7. The lowest BCUT2D eigenvalue weighted by atomic mass is 9.89. The summed E-state index contributed by atoms with van der Waals surface area (Å²) in [6.07, 6.45) is 0. The van der Waals surface area contributed by atoms with E-state index in [1.165, 1.54) is 0 Å². The molecule has 0 saturated carbocycles. The minimum absolute atomic E-state index is 0.0686. The fraction of sp³-hybridized carbons (Fsp3) is 0.444.